The number of likely N-dealkylation sites (tertiary alicyclic amines) is 1. The second kappa shape index (κ2) is 21.2. The molecule has 1 saturated carbocycles. The van der Waals surface area contributed by atoms with Crippen molar-refractivity contribution in [2.45, 2.75) is 136 Å². The lowest BCUT2D eigenvalue weighted by Crippen LogP contribution is -2.59. The SMILES string of the molecule is COCCC(=O)N1CCN(C(=O)O[C@H]2[C@H](C)[C@H](O)[C@H](C)[C@@H](O)[C@@H](C)/C=C/C=C(/C)C(=O)Nc3c(O)c4c(O)c(C)c5c(c4c4c3=NC3(CCN(CC(C)C)CC3)N=4)C(=O)[C@@](C)(O/C=C/[C@H](OC)[C@H]2C)O5)CC12CC2. The second-order valence-electron chi connectivity index (χ2n) is 22.2. The lowest BCUT2D eigenvalue weighted by molar-refractivity contribution is -0.138. The monoisotopic (exact) mass is 1030 g/mol. The van der Waals surface area contributed by atoms with Gasteiger partial charge in [-0.05, 0) is 38.7 Å². The second-order valence-corrected chi connectivity index (χ2v) is 22.2. The molecule has 6 aliphatic heterocycles. The maximum absolute atomic E-state index is 15.0. The highest BCUT2D eigenvalue weighted by Gasteiger charge is 2.55. The van der Waals surface area contributed by atoms with Crippen LogP contribution in [0.1, 0.15) is 103 Å². The van der Waals surface area contributed by atoms with Crippen LogP contribution in [0.2, 0.25) is 0 Å². The lowest BCUT2D eigenvalue weighted by atomic mass is 9.78. The summed E-state index contributed by atoms with van der Waals surface area (Å²) in [7, 11) is 3.02. The molecule has 5 N–H and O–H groups in total. The number of rotatable bonds is 7. The van der Waals surface area contributed by atoms with Crippen molar-refractivity contribution in [3.8, 4) is 17.2 Å². The van der Waals surface area contributed by atoms with E-state index in [1.165, 1.54) is 20.3 Å². The highest BCUT2D eigenvalue weighted by molar-refractivity contribution is 6.19. The molecule has 0 unspecified atom stereocenters. The highest BCUT2D eigenvalue weighted by Crippen LogP contribution is 2.50. The molecule has 0 aromatic heterocycles. The molecule has 9 rings (SSSR count). The number of Topliss-reactive ketones (excluding diaryl/α,β-unsaturated/α-hetero) is 1. The standard InChI is InChI=1S/C55H76N6O13/c1-29(2)27-59-21-19-55(20-22-59)57-41-38-39-46(65)35(8)49-40(38)50(67)53(9,74-49)72-26-15-36(71-11)32(5)48(73-52(69)60-23-24-61(37(62)16-25-70-10)54(28-60)17-18-54)34(7)45(64)33(6)44(63)30(3)13-12-14-31(4)51(68)56-43(47(39)66)42(41)58-55/h12-15,26,29-30,32-34,36,44-45,48,63-66H,16-25,27-28H2,1-11H3,(H,56,68)/b13-12+,26-15+,31-14-/t30-,32+,33+,34+,36-,44-,45+,48+,53-/m0/s1. The van der Waals surface area contributed by atoms with E-state index in [0.29, 0.717) is 45.0 Å². The number of carbonyl (C=O) groups excluding carboxylic acids is 4. The zero-order chi connectivity index (χ0) is 53.8. The number of nitrogens with zero attached hydrogens (tertiary/aromatic N) is 5. The predicted octanol–water partition coefficient (Wildman–Crippen LogP) is 5.04. The van der Waals surface area contributed by atoms with Crippen LogP contribution in [0.15, 0.2) is 46.1 Å². The Morgan fingerprint density at radius 3 is 2.23 bits per heavy atom. The van der Waals surface area contributed by atoms with E-state index < -0.39 is 88.6 Å². The first-order chi connectivity index (χ1) is 35.0. The van der Waals surface area contributed by atoms with Crippen LogP contribution in [0, 0.1) is 36.5 Å². The molecule has 9 atom stereocenters. The molecule has 19 heteroatoms. The molecule has 1 aliphatic carbocycles. The van der Waals surface area contributed by atoms with E-state index >= 15 is 0 Å². The number of fused-ring (bicyclic) bond motifs is 13. The molecule has 3 amide bonds. The molecule has 2 spiro atoms. The molecular formula is C55H76N6O13. The number of allylic oxidation sites excluding steroid dienone is 2. The highest BCUT2D eigenvalue weighted by atomic mass is 16.7. The van der Waals surface area contributed by atoms with Crippen LogP contribution in [-0.2, 0) is 28.5 Å². The fourth-order valence-electron chi connectivity index (χ4n) is 11.6. The Bertz CT molecular complexity index is 2760. The van der Waals surface area contributed by atoms with E-state index in [4.69, 9.17) is 33.7 Å². The molecule has 2 aromatic rings. The quantitative estimate of drug-likeness (QED) is 0.229. The Labute approximate surface area is 432 Å². The van der Waals surface area contributed by atoms with Crippen LogP contribution in [0.25, 0.3) is 10.8 Å². The number of ketones is 1. The van der Waals surface area contributed by atoms with Crippen molar-refractivity contribution in [2.24, 2.45) is 39.6 Å². The summed E-state index contributed by atoms with van der Waals surface area (Å²) in [6.07, 6.45) is 5.74. The number of ether oxygens (including phenoxy) is 5. The van der Waals surface area contributed by atoms with Gasteiger partial charge in [0.05, 0.1) is 59.4 Å². The smallest absolute Gasteiger partial charge is 0.410 e. The summed E-state index contributed by atoms with van der Waals surface area (Å²) in [6, 6.07) is 0. The number of anilines is 1. The average molecular weight is 1030 g/mol. The van der Waals surface area contributed by atoms with Gasteiger partial charge < -0.3 is 64.1 Å². The van der Waals surface area contributed by atoms with Crippen LogP contribution in [0.4, 0.5) is 10.5 Å². The summed E-state index contributed by atoms with van der Waals surface area (Å²) in [5, 5.41) is 51.3. The summed E-state index contributed by atoms with van der Waals surface area (Å²) in [6.45, 7) is 19.4. The Balaban J connectivity index is 1.18. The fraction of sp³-hybridized carbons (Fsp3) is 0.636. The molecule has 2 aromatic carbocycles. The van der Waals surface area contributed by atoms with Gasteiger partial charge in [-0.1, -0.05) is 59.8 Å². The summed E-state index contributed by atoms with van der Waals surface area (Å²) >= 11 is 0. The van der Waals surface area contributed by atoms with Crippen molar-refractivity contribution < 1.29 is 63.3 Å². The third kappa shape index (κ3) is 10.1. The maximum atomic E-state index is 15.0. The average Bonchev–Trinajstić information content (AvgIpc) is 3.95. The first kappa shape index (κ1) is 54.7. The van der Waals surface area contributed by atoms with E-state index in [0.717, 1.165) is 19.4 Å². The molecule has 6 heterocycles. The third-order valence-electron chi connectivity index (χ3n) is 16.4. The Kier molecular flexibility index (Phi) is 15.7. The molecule has 7 aliphatic rings. The van der Waals surface area contributed by atoms with Gasteiger partial charge in [-0.25, -0.2) is 4.79 Å². The Morgan fingerprint density at radius 1 is 0.892 bits per heavy atom. The van der Waals surface area contributed by atoms with E-state index in [1.807, 2.05) is 4.90 Å². The number of piperazine rings is 1. The Hall–Kier alpha value is -5.60. The predicted molar refractivity (Wildman–Crippen MR) is 274 cm³/mol. The topological polar surface area (TPSA) is 242 Å². The minimum Gasteiger partial charge on any atom is -0.507 e. The number of hydrogen-bond donors (Lipinski definition) is 5. The van der Waals surface area contributed by atoms with E-state index in [1.54, 1.807) is 77.9 Å². The number of amides is 3. The minimum atomic E-state index is -2.01. The molecular weight excluding hydrogens is 953 g/mol. The van der Waals surface area contributed by atoms with E-state index in [9.17, 15) is 39.6 Å². The van der Waals surface area contributed by atoms with Gasteiger partial charge in [0.2, 0.25) is 5.91 Å². The summed E-state index contributed by atoms with van der Waals surface area (Å²) in [5.41, 5.74) is -1.15. The number of phenols is 2. The van der Waals surface area contributed by atoms with Crippen LogP contribution < -0.4 is 20.8 Å². The van der Waals surface area contributed by atoms with Gasteiger partial charge in [0, 0.05) is 113 Å². The van der Waals surface area contributed by atoms with E-state index in [2.05, 4.69) is 24.1 Å². The lowest BCUT2D eigenvalue weighted by Gasteiger charge is -2.43. The number of carbonyl (C=O) groups is 4. The van der Waals surface area contributed by atoms with Crippen molar-refractivity contribution in [3.63, 3.8) is 0 Å². The number of aliphatic hydroxyl groups excluding tert-OH is 2. The number of benzene rings is 2. The molecule has 74 heavy (non-hydrogen) atoms. The van der Waals surface area contributed by atoms with Crippen LogP contribution in [0.3, 0.4) is 0 Å². The van der Waals surface area contributed by atoms with Gasteiger partial charge >= 0.3 is 11.9 Å². The molecule has 2 saturated heterocycles. The summed E-state index contributed by atoms with van der Waals surface area (Å²) in [5.74, 6) is -6.40. The maximum Gasteiger partial charge on any atom is 0.410 e. The van der Waals surface area contributed by atoms with Crippen LogP contribution in [-0.4, -0.2) is 160 Å². The summed E-state index contributed by atoms with van der Waals surface area (Å²) in [4.78, 5) is 72.7. The van der Waals surface area contributed by atoms with Crippen molar-refractivity contribution in [1.82, 2.24) is 14.7 Å². The zero-order valence-electron chi connectivity index (χ0n) is 44.8. The molecule has 5 bridgehead atoms. The molecule has 19 nitrogen and oxygen atoms in total. The zero-order valence-corrected chi connectivity index (χ0v) is 44.8. The van der Waals surface area contributed by atoms with Crippen LogP contribution in [0.5, 0.6) is 17.2 Å². The number of piperidine rings is 1. The molecule has 0 radical (unpaired) electrons. The number of nitrogens with one attached hydrogen (secondary N) is 1. The van der Waals surface area contributed by atoms with E-state index in [-0.39, 0.29) is 80.8 Å². The van der Waals surface area contributed by atoms with Gasteiger partial charge in [-0.2, -0.15) is 0 Å². The van der Waals surface area contributed by atoms with Gasteiger partial charge in [0.15, 0.2) is 11.4 Å². The van der Waals surface area contributed by atoms with Gasteiger partial charge in [-0.15, -0.1) is 0 Å². The van der Waals surface area contributed by atoms with Crippen molar-refractivity contribution in [3.05, 3.63) is 58.0 Å². The molecule has 3 fully saturated rings. The fourth-order valence-corrected chi connectivity index (χ4v) is 11.6. The first-order valence-corrected chi connectivity index (χ1v) is 26.2. The summed E-state index contributed by atoms with van der Waals surface area (Å²) < 4.78 is 30.2. The van der Waals surface area contributed by atoms with Gasteiger partial charge in [0.1, 0.15) is 28.6 Å². The number of aliphatic hydroxyl groups is 2. The molecule has 404 valence electrons. The number of methoxy groups -OCH3 is 2. The number of phenolic OH excluding ortho intramolecular Hbond substituents is 2. The normalized spacial score (nSPS) is 31.6. The van der Waals surface area contributed by atoms with Crippen LogP contribution >= 0.6 is 0 Å². The first-order valence-electron chi connectivity index (χ1n) is 26.2. The minimum absolute atomic E-state index is 0.0181. The largest absolute Gasteiger partial charge is 0.507 e. The number of hydrogen-bond acceptors (Lipinski definition) is 16. The number of aromatic hydroxyl groups is 2. The van der Waals surface area contributed by atoms with Gasteiger partial charge in [0.25, 0.3) is 11.7 Å². The van der Waals surface area contributed by atoms with Crippen molar-refractivity contribution >= 4 is 40.2 Å². The third-order valence-corrected chi connectivity index (χ3v) is 16.4. The van der Waals surface area contributed by atoms with Crippen molar-refractivity contribution in [2.75, 3.05) is 65.4 Å². The Morgan fingerprint density at radius 2 is 1.58 bits per heavy atom. The van der Waals surface area contributed by atoms with Gasteiger partial charge in [-0.3, -0.25) is 24.4 Å². The van der Waals surface area contributed by atoms with Crippen molar-refractivity contribution in [1.29, 1.82) is 0 Å².